The maximum atomic E-state index is 10.2. The summed E-state index contributed by atoms with van der Waals surface area (Å²) in [6.45, 7) is 4.61. The molecule has 0 aliphatic heterocycles. The Morgan fingerprint density at radius 1 is 0.684 bits per heavy atom. The molecule has 0 amide bonds. The molecule has 0 unspecified atom stereocenters. The van der Waals surface area contributed by atoms with Gasteiger partial charge in [0.1, 0.15) is 0 Å². The number of carbonyl (C=O) groups excluding carboxylic acids is 3. The Bertz CT molecular complexity index is 1200. The van der Waals surface area contributed by atoms with Crippen molar-refractivity contribution in [3.63, 3.8) is 0 Å². The fourth-order valence-corrected chi connectivity index (χ4v) is 6.99. The molecule has 1 aromatic carbocycles. The van der Waals surface area contributed by atoms with E-state index in [1.807, 2.05) is 0 Å². The quantitative estimate of drug-likeness (QED) is 0.256. The van der Waals surface area contributed by atoms with Gasteiger partial charge in [-0.05, 0) is 82.1 Å². The first kappa shape index (κ1) is 35.0. The number of hydrogen-bond donors (Lipinski definition) is 0. The summed E-state index contributed by atoms with van der Waals surface area (Å²) in [7, 11) is 0. The standard InChI is InChI=1S/C10H13.3C5H3BrO2S.Sn/c1-10(2,3)9-7-5-4-6-8-9;3*6-3-1-2-9-4(3)5(7)8;/h4-8H,1H2,2-3H3;3*1-2H,(H,7,8);/q;;;;+3/p-3. The van der Waals surface area contributed by atoms with E-state index < -0.39 is 17.9 Å². The molecule has 13 heteroatoms. The molecule has 3 aromatic heterocycles. The molecule has 6 nitrogen and oxygen atoms in total. The van der Waals surface area contributed by atoms with E-state index in [9.17, 15) is 29.7 Å². The predicted octanol–water partition coefficient (Wildman–Crippen LogP) is 5.17. The van der Waals surface area contributed by atoms with Gasteiger partial charge in [-0.15, -0.1) is 34.0 Å². The minimum absolute atomic E-state index is 0.245. The summed E-state index contributed by atoms with van der Waals surface area (Å²) in [5.41, 5.74) is 1.83. The van der Waals surface area contributed by atoms with Crippen molar-refractivity contribution in [2.24, 2.45) is 0 Å². The summed E-state index contributed by atoms with van der Waals surface area (Å²) >= 11 is 14.2. The Balaban J connectivity index is 0.000000254. The maximum absolute atomic E-state index is 10.2. The summed E-state index contributed by atoms with van der Waals surface area (Å²) in [6.07, 6.45) is 0. The third-order valence-electron chi connectivity index (χ3n) is 4.40. The Morgan fingerprint density at radius 2 is 1.00 bits per heavy atom. The van der Waals surface area contributed by atoms with Crippen molar-refractivity contribution in [3.8, 4) is 0 Å². The number of carbonyl (C=O) groups is 3. The van der Waals surface area contributed by atoms with Crippen LogP contribution >= 0.6 is 81.8 Å². The number of rotatable bonds is 5. The summed E-state index contributed by atoms with van der Waals surface area (Å²) in [4.78, 5) is 31.2. The number of aromatic carboxylic acids is 3. The van der Waals surface area contributed by atoms with Crippen LogP contribution in [0.3, 0.4) is 0 Å². The van der Waals surface area contributed by atoms with E-state index in [-0.39, 0.29) is 14.6 Å². The zero-order chi connectivity index (χ0) is 28.9. The van der Waals surface area contributed by atoms with Crippen LogP contribution in [0.4, 0.5) is 0 Å². The molecule has 0 spiro atoms. The average Bonchev–Trinajstić information content (AvgIpc) is 3.62. The van der Waals surface area contributed by atoms with Gasteiger partial charge >= 0.3 is 82.1 Å². The van der Waals surface area contributed by atoms with Crippen molar-refractivity contribution in [1.82, 2.24) is 0 Å². The van der Waals surface area contributed by atoms with Crippen LogP contribution in [-0.4, -0.2) is 40.4 Å². The topological polar surface area (TPSA) is 120 Å². The summed E-state index contributed by atoms with van der Waals surface area (Å²) < 4.78 is 3.05. The van der Waals surface area contributed by atoms with Crippen molar-refractivity contribution < 1.29 is 29.7 Å². The average molecular weight is 870 g/mol. The third-order valence-corrected chi connectivity index (χ3v) is 12.4. The van der Waals surface area contributed by atoms with Gasteiger partial charge in [0.25, 0.3) is 0 Å². The number of hydrogen-bond acceptors (Lipinski definition) is 9. The molecular weight excluding hydrogens is 851 g/mol. The second kappa shape index (κ2) is 17.6. The minimum atomic E-state index is -1.13. The fourth-order valence-electron chi connectivity index (χ4n) is 2.31. The first-order chi connectivity index (χ1) is 17.8. The largest absolute Gasteiger partial charge is 0.544 e. The Hall–Kier alpha value is -1.03. The van der Waals surface area contributed by atoms with E-state index >= 15 is 0 Å². The molecule has 0 saturated carbocycles. The molecule has 0 radical (unpaired) electrons. The Labute approximate surface area is 271 Å². The molecule has 0 bridgehead atoms. The van der Waals surface area contributed by atoms with Gasteiger partial charge in [-0.1, -0.05) is 0 Å². The van der Waals surface area contributed by atoms with Gasteiger partial charge in [-0.3, -0.25) is 0 Å². The molecule has 4 rings (SSSR count). The molecule has 0 aliphatic carbocycles. The predicted molar refractivity (Wildman–Crippen MR) is 159 cm³/mol. The number of thiophene rings is 3. The summed E-state index contributed by atoms with van der Waals surface area (Å²) in [6, 6.07) is 15.8. The molecule has 0 aliphatic rings. The van der Waals surface area contributed by atoms with Crippen LogP contribution in [0.1, 0.15) is 48.4 Å². The van der Waals surface area contributed by atoms with Crippen molar-refractivity contribution in [3.05, 3.63) is 98.3 Å². The molecule has 0 saturated heterocycles. The van der Waals surface area contributed by atoms with Crippen LogP contribution in [0.15, 0.2) is 78.1 Å². The monoisotopic (exact) mass is 868 g/mol. The van der Waals surface area contributed by atoms with Gasteiger partial charge in [0, 0.05) is 13.4 Å². The van der Waals surface area contributed by atoms with Gasteiger partial charge in [0.2, 0.25) is 0 Å². The van der Waals surface area contributed by atoms with Crippen LogP contribution in [0.2, 0.25) is 4.44 Å². The van der Waals surface area contributed by atoms with Gasteiger partial charge in [-0.25, -0.2) is 0 Å². The fraction of sp³-hybridized carbons (Fsp3) is 0.160. The smallest absolute Gasteiger partial charge is 0.0826 e. The number of halogens is 3. The first-order valence-electron chi connectivity index (χ1n) is 10.3. The van der Waals surface area contributed by atoms with E-state index in [0.29, 0.717) is 18.8 Å². The van der Waals surface area contributed by atoms with Crippen LogP contribution in [0.25, 0.3) is 0 Å². The number of carboxylic acid groups (broad SMARTS) is 3. The van der Waals surface area contributed by atoms with E-state index in [1.54, 1.807) is 56.9 Å². The summed E-state index contributed by atoms with van der Waals surface area (Å²) in [5.74, 6) is -3.38. The van der Waals surface area contributed by atoms with Crippen LogP contribution < -0.4 is 15.3 Å². The molecule has 0 fully saturated rings. The molecule has 3 heterocycles. The number of carboxylic acids is 3. The van der Waals surface area contributed by atoms with Gasteiger partial charge in [0.05, 0.1) is 32.5 Å². The molecule has 38 heavy (non-hydrogen) atoms. The van der Waals surface area contributed by atoms with Crippen molar-refractivity contribution in [2.75, 3.05) is 0 Å². The van der Waals surface area contributed by atoms with E-state index in [4.69, 9.17) is 0 Å². The normalized spacial score (nSPS) is 10.1. The van der Waals surface area contributed by atoms with Gasteiger partial charge in [-0.2, -0.15) is 0 Å². The van der Waals surface area contributed by atoms with Crippen molar-refractivity contribution >= 4 is 122 Å². The number of benzene rings is 1. The van der Waals surface area contributed by atoms with Crippen molar-refractivity contribution in [2.45, 2.75) is 23.7 Å². The molecule has 0 N–H and O–H groups in total. The maximum Gasteiger partial charge on any atom is 0.0826 e. The third kappa shape index (κ3) is 12.0. The second-order valence-corrected chi connectivity index (χ2v) is 13.9. The first-order valence-corrected chi connectivity index (χ1v) is 17.4. The minimum Gasteiger partial charge on any atom is -0.544 e. The Kier molecular flexibility index (Phi) is 16.2. The van der Waals surface area contributed by atoms with Gasteiger partial charge < -0.3 is 29.7 Å². The van der Waals surface area contributed by atoms with Crippen molar-refractivity contribution in [1.29, 1.82) is 0 Å². The SMILES string of the molecule is CC(C)([CH2][Sn+3])c1ccccc1.O=C([O-])c1sccc1Br.O=C([O-])c1sccc1Br.O=C([O-])c1sccc1Br. The summed E-state index contributed by atoms with van der Waals surface area (Å²) in [5, 5.41) is 35.5. The zero-order valence-corrected chi connectivity index (χ0v) is 29.9. The van der Waals surface area contributed by atoms with Gasteiger partial charge in [0.15, 0.2) is 0 Å². The molecule has 198 valence electrons. The second-order valence-electron chi connectivity index (χ2n) is 7.58. The molecular formula is C25H19Br3O6S3Sn. The molecule has 4 aromatic rings. The Morgan fingerprint density at radius 3 is 1.18 bits per heavy atom. The molecule has 0 atom stereocenters. The van der Waals surface area contributed by atoms with Crippen LogP contribution in [0.5, 0.6) is 0 Å². The zero-order valence-electron chi connectivity index (χ0n) is 19.9. The van der Waals surface area contributed by atoms with E-state index in [1.165, 1.54) is 10.0 Å². The van der Waals surface area contributed by atoms with Crippen LogP contribution in [-0.2, 0) is 5.41 Å². The van der Waals surface area contributed by atoms with E-state index in [2.05, 4.69) is 92.0 Å². The van der Waals surface area contributed by atoms with E-state index in [0.717, 1.165) is 34.0 Å². The van der Waals surface area contributed by atoms with Crippen LogP contribution in [0, 0.1) is 0 Å².